The highest BCUT2D eigenvalue weighted by molar-refractivity contribution is 14.1. The van der Waals surface area contributed by atoms with Crippen molar-refractivity contribution in [1.29, 1.82) is 0 Å². The molecule has 4 N–H and O–H groups in total. The number of nitrogens with two attached hydrogens (primary N) is 1. The van der Waals surface area contributed by atoms with E-state index in [-0.39, 0.29) is 18.0 Å². The molecule has 2 aromatic rings. The molecule has 0 fully saturated rings. The van der Waals surface area contributed by atoms with E-state index in [4.69, 9.17) is 5.73 Å². The van der Waals surface area contributed by atoms with E-state index in [0.29, 0.717) is 27.7 Å². The molecule has 0 aliphatic carbocycles. The summed E-state index contributed by atoms with van der Waals surface area (Å²) in [7, 11) is 0. The van der Waals surface area contributed by atoms with Crippen molar-refractivity contribution in [1.82, 2.24) is 15.3 Å². The van der Waals surface area contributed by atoms with Crippen LogP contribution in [0.4, 0.5) is 17.3 Å². The van der Waals surface area contributed by atoms with Crippen molar-refractivity contribution in [2.24, 2.45) is 0 Å². The van der Waals surface area contributed by atoms with Crippen LogP contribution >= 0.6 is 22.6 Å². The smallest absolute Gasteiger partial charge is 0.244 e. The molecule has 1 aliphatic heterocycles. The van der Waals surface area contributed by atoms with Crippen LogP contribution in [0.2, 0.25) is 0 Å². The molecule has 0 unspecified atom stereocenters. The number of anilines is 3. The first-order chi connectivity index (χ1) is 12.2. The van der Waals surface area contributed by atoms with Crippen LogP contribution in [0, 0.1) is 3.83 Å². The van der Waals surface area contributed by atoms with Crippen LogP contribution in [-0.2, 0) is 17.9 Å². The quantitative estimate of drug-likeness (QED) is 0.474. The van der Waals surface area contributed by atoms with E-state index >= 15 is 0 Å². The summed E-state index contributed by atoms with van der Waals surface area (Å²) in [5, 5.41) is 6.27. The van der Waals surface area contributed by atoms with Gasteiger partial charge in [-0.25, -0.2) is 9.97 Å². The third kappa shape index (κ3) is 4.61. The Bertz CT molecular complexity index is 833. The van der Waals surface area contributed by atoms with Gasteiger partial charge in [0.05, 0.1) is 6.54 Å². The topological polar surface area (TPSA) is 96.2 Å². The fourth-order valence-electron chi connectivity index (χ4n) is 2.77. The zero-order valence-electron chi connectivity index (χ0n) is 15.1. The van der Waals surface area contributed by atoms with Crippen LogP contribution in [0.5, 0.6) is 0 Å². The molecule has 26 heavy (non-hydrogen) atoms. The number of nitrogens with zero attached hydrogens (tertiary/aromatic N) is 3. The molecule has 7 nitrogen and oxygen atoms in total. The van der Waals surface area contributed by atoms with Gasteiger partial charge in [-0.2, -0.15) is 0 Å². The number of hydrogen-bond acceptors (Lipinski definition) is 6. The lowest BCUT2D eigenvalue weighted by Crippen LogP contribution is -2.39. The molecule has 0 saturated carbocycles. The Morgan fingerprint density at radius 2 is 2.04 bits per heavy atom. The average molecular weight is 466 g/mol. The summed E-state index contributed by atoms with van der Waals surface area (Å²) < 4.78 is 0.558. The summed E-state index contributed by atoms with van der Waals surface area (Å²) in [6, 6.07) is 8.35. The Labute approximate surface area is 166 Å². The fraction of sp³-hybridized carbons (Fsp3) is 0.389. The second kappa shape index (κ2) is 7.36. The highest BCUT2D eigenvalue weighted by Gasteiger charge is 2.26. The van der Waals surface area contributed by atoms with Gasteiger partial charge < -0.3 is 21.3 Å². The van der Waals surface area contributed by atoms with Crippen LogP contribution in [-0.4, -0.2) is 28.0 Å². The van der Waals surface area contributed by atoms with E-state index in [0.717, 1.165) is 12.1 Å². The maximum absolute atomic E-state index is 12.1. The Hall–Kier alpha value is -1.94. The van der Waals surface area contributed by atoms with Gasteiger partial charge in [0.25, 0.3) is 0 Å². The number of carbonyl (C=O) groups is 1. The molecular formula is C18H23IN6O. The third-order valence-corrected chi connectivity index (χ3v) is 4.46. The van der Waals surface area contributed by atoms with Crippen molar-refractivity contribution in [2.45, 2.75) is 39.4 Å². The van der Waals surface area contributed by atoms with E-state index < -0.39 is 0 Å². The monoisotopic (exact) mass is 466 g/mol. The minimum atomic E-state index is -0.112. The normalized spacial score (nSPS) is 14.2. The van der Waals surface area contributed by atoms with Crippen molar-refractivity contribution >= 4 is 45.8 Å². The number of benzene rings is 1. The largest absolute Gasteiger partial charge is 0.382 e. The molecule has 0 spiro atoms. The second-order valence-corrected chi connectivity index (χ2v) is 8.37. The molecule has 1 amide bonds. The van der Waals surface area contributed by atoms with E-state index in [1.165, 1.54) is 5.56 Å². The van der Waals surface area contributed by atoms with Gasteiger partial charge in [0.15, 0.2) is 15.5 Å². The summed E-state index contributed by atoms with van der Waals surface area (Å²) in [5.74, 6) is 0.847. The summed E-state index contributed by atoms with van der Waals surface area (Å²) >= 11 is 2.03. The van der Waals surface area contributed by atoms with Crippen LogP contribution in [0.1, 0.15) is 31.9 Å². The molecule has 0 atom stereocenters. The van der Waals surface area contributed by atoms with Crippen LogP contribution in [0.25, 0.3) is 0 Å². The molecule has 8 heteroatoms. The molecule has 1 aromatic heterocycles. The molecule has 0 radical (unpaired) electrons. The minimum absolute atomic E-state index is 0.0606. The fourth-order valence-corrected chi connectivity index (χ4v) is 3.26. The Kier molecular flexibility index (Phi) is 5.33. The van der Waals surface area contributed by atoms with Crippen LogP contribution < -0.4 is 21.3 Å². The highest BCUT2D eigenvalue weighted by atomic mass is 127. The SMILES string of the molecule is CC(C)(C)NCc1cccc(CN2CC(=O)Nc3c(N)nc(I)nc32)c1. The third-order valence-electron chi connectivity index (χ3n) is 3.98. The number of aromatic nitrogens is 2. The average Bonchev–Trinajstić information content (AvgIpc) is 2.54. The van der Waals surface area contributed by atoms with Gasteiger partial charge in [0, 0.05) is 41.2 Å². The van der Waals surface area contributed by atoms with Crippen molar-refractivity contribution < 1.29 is 4.79 Å². The number of halogens is 1. The molecule has 0 saturated heterocycles. The first-order valence-electron chi connectivity index (χ1n) is 8.42. The lowest BCUT2D eigenvalue weighted by Gasteiger charge is -2.30. The molecule has 138 valence electrons. The number of hydrogen-bond donors (Lipinski definition) is 3. The molecule has 0 bridgehead atoms. The summed E-state index contributed by atoms with van der Waals surface area (Å²) in [4.78, 5) is 22.6. The van der Waals surface area contributed by atoms with Crippen molar-refractivity contribution in [3.05, 3.63) is 39.2 Å². The molecule has 1 aliphatic rings. The maximum Gasteiger partial charge on any atom is 0.244 e. The van der Waals surface area contributed by atoms with E-state index in [2.05, 4.69) is 59.6 Å². The predicted molar refractivity (Wildman–Crippen MR) is 112 cm³/mol. The van der Waals surface area contributed by atoms with Gasteiger partial charge in [-0.05, 0) is 31.9 Å². The number of carbonyl (C=O) groups excluding carboxylic acids is 1. The first kappa shape index (κ1) is 18.8. The number of nitrogens with one attached hydrogen (secondary N) is 2. The lowest BCUT2D eigenvalue weighted by molar-refractivity contribution is -0.115. The van der Waals surface area contributed by atoms with Gasteiger partial charge in [0.1, 0.15) is 5.69 Å². The van der Waals surface area contributed by atoms with E-state index in [9.17, 15) is 4.79 Å². The maximum atomic E-state index is 12.1. The van der Waals surface area contributed by atoms with Crippen molar-refractivity contribution in [3.63, 3.8) is 0 Å². The number of amides is 1. The number of fused-ring (bicyclic) bond motifs is 1. The van der Waals surface area contributed by atoms with E-state index in [1.54, 1.807) is 0 Å². The molecule has 1 aromatic carbocycles. The van der Waals surface area contributed by atoms with Crippen LogP contribution in [0.15, 0.2) is 24.3 Å². The van der Waals surface area contributed by atoms with Crippen molar-refractivity contribution in [2.75, 3.05) is 22.5 Å². The zero-order chi connectivity index (χ0) is 18.9. The molecular weight excluding hydrogens is 443 g/mol. The second-order valence-electron chi connectivity index (χ2n) is 7.40. The zero-order valence-corrected chi connectivity index (χ0v) is 17.3. The standard InChI is InChI=1S/C18H23IN6O/c1-18(2,3)21-8-11-5-4-6-12(7-11)9-25-10-13(26)22-14-15(20)23-17(19)24-16(14)25/h4-7,21H,8-10H2,1-3H3,(H,22,26)(H2,20,23,24). The van der Waals surface area contributed by atoms with Gasteiger partial charge in [0.2, 0.25) is 5.91 Å². The lowest BCUT2D eigenvalue weighted by atomic mass is 10.1. The summed E-state index contributed by atoms with van der Waals surface area (Å²) in [5.41, 5.74) is 8.83. The predicted octanol–water partition coefficient (Wildman–Crippen LogP) is 2.51. The minimum Gasteiger partial charge on any atom is -0.382 e. The highest BCUT2D eigenvalue weighted by Crippen LogP contribution is 2.32. The van der Waals surface area contributed by atoms with Gasteiger partial charge >= 0.3 is 0 Å². The number of rotatable bonds is 4. The van der Waals surface area contributed by atoms with Crippen molar-refractivity contribution in [3.8, 4) is 0 Å². The first-order valence-corrected chi connectivity index (χ1v) is 9.50. The Morgan fingerprint density at radius 1 is 1.31 bits per heavy atom. The van der Waals surface area contributed by atoms with Gasteiger partial charge in [-0.15, -0.1) is 0 Å². The van der Waals surface area contributed by atoms with Gasteiger partial charge in [-0.3, -0.25) is 4.79 Å². The van der Waals surface area contributed by atoms with Gasteiger partial charge in [-0.1, -0.05) is 24.3 Å². The van der Waals surface area contributed by atoms with E-state index in [1.807, 2.05) is 33.6 Å². The van der Waals surface area contributed by atoms with Crippen LogP contribution in [0.3, 0.4) is 0 Å². The number of nitrogen functional groups attached to an aromatic ring is 1. The summed E-state index contributed by atoms with van der Waals surface area (Å²) in [6.07, 6.45) is 0. The Morgan fingerprint density at radius 3 is 2.77 bits per heavy atom. The summed E-state index contributed by atoms with van der Waals surface area (Å²) in [6.45, 7) is 8.05. The molecule has 2 heterocycles. The Balaban J connectivity index is 1.83. The molecule has 3 rings (SSSR count).